The molecule has 2 unspecified atom stereocenters. The van der Waals surface area contributed by atoms with Gasteiger partial charge in [-0.1, -0.05) is 11.6 Å². The summed E-state index contributed by atoms with van der Waals surface area (Å²) in [6.45, 7) is 3.36. The van der Waals surface area contributed by atoms with E-state index in [1.54, 1.807) is 12.1 Å². The topological polar surface area (TPSA) is 58.4 Å². The molecule has 4 nitrogen and oxygen atoms in total. The maximum atomic E-state index is 11.3. The van der Waals surface area contributed by atoms with Crippen LogP contribution in [0.1, 0.15) is 36.5 Å². The van der Waals surface area contributed by atoms with Crippen molar-refractivity contribution in [1.29, 1.82) is 0 Å². The van der Waals surface area contributed by atoms with Gasteiger partial charge >= 0.3 is 0 Å². The Hall–Kier alpha value is -1.26. The summed E-state index contributed by atoms with van der Waals surface area (Å²) in [6.07, 6.45) is 3.80. The summed E-state index contributed by atoms with van der Waals surface area (Å²) in [4.78, 5) is 13.9. The van der Waals surface area contributed by atoms with Crippen LogP contribution in [0, 0.1) is 0 Å². The van der Waals surface area contributed by atoms with E-state index in [1.807, 2.05) is 6.07 Å². The minimum Gasteiger partial charge on any atom is -0.381 e. The molecule has 1 heterocycles. The summed E-state index contributed by atoms with van der Waals surface area (Å²) in [5.74, 6) is -0.488. The highest BCUT2D eigenvalue weighted by molar-refractivity contribution is 6.33. The average molecular weight is 294 g/mol. The molecule has 1 saturated heterocycles. The molecule has 0 bridgehead atoms. The SMILES string of the molecule is CC1CC(Nc2ccc(Cl)c(C(N)=O)c2)CN1C1CC1. The first kappa shape index (κ1) is 13.7. The fraction of sp³-hybridized carbons (Fsp3) is 0.533. The maximum Gasteiger partial charge on any atom is 0.250 e. The molecule has 1 saturated carbocycles. The Balaban J connectivity index is 1.69. The predicted octanol–water partition coefficient (Wildman–Crippen LogP) is 2.48. The number of nitrogens with zero attached hydrogens (tertiary/aromatic N) is 1. The Morgan fingerprint density at radius 3 is 2.85 bits per heavy atom. The Bertz CT molecular complexity index is 530. The van der Waals surface area contributed by atoms with Crippen molar-refractivity contribution in [1.82, 2.24) is 4.90 Å². The third-order valence-corrected chi connectivity index (χ3v) is 4.57. The number of primary amides is 1. The van der Waals surface area contributed by atoms with E-state index < -0.39 is 5.91 Å². The molecule has 5 heteroatoms. The first-order valence-corrected chi connectivity index (χ1v) is 7.54. The molecule has 0 radical (unpaired) electrons. The largest absolute Gasteiger partial charge is 0.381 e. The molecule has 2 atom stereocenters. The number of hydrogen-bond acceptors (Lipinski definition) is 3. The number of carbonyl (C=O) groups is 1. The van der Waals surface area contributed by atoms with E-state index in [0.717, 1.165) is 24.7 Å². The quantitative estimate of drug-likeness (QED) is 0.896. The summed E-state index contributed by atoms with van der Waals surface area (Å²) in [5.41, 5.74) is 6.62. The highest BCUT2D eigenvalue weighted by atomic mass is 35.5. The number of nitrogens with two attached hydrogens (primary N) is 1. The predicted molar refractivity (Wildman–Crippen MR) is 81.2 cm³/mol. The fourth-order valence-electron chi connectivity index (χ4n) is 3.12. The Kier molecular flexibility index (Phi) is 3.61. The van der Waals surface area contributed by atoms with Gasteiger partial charge in [0, 0.05) is 30.4 Å². The molecule has 1 amide bonds. The molecule has 1 aromatic rings. The maximum absolute atomic E-state index is 11.3. The Labute approximate surface area is 124 Å². The lowest BCUT2D eigenvalue weighted by atomic mass is 10.1. The fourth-order valence-corrected chi connectivity index (χ4v) is 3.33. The molecule has 3 rings (SSSR count). The van der Waals surface area contributed by atoms with Crippen LogP contribution in [0.3, 0.4) is 0 Å². The van der Waals surface area contributed by atoms with Crippen molar-refractivity contribution in [3.63, 3.8) is 0 Å². The number of rotatable bonds is 4. The Morgan fingerprint density at radius 2 is 2.20 bits per heavy atom. The summed E-state index contributed by atoms with van der Waals surface area (Å²) < 4.78 is 0. The van der Waals surface area contributed by atoms with E-state index in [0.29, 0.717) is 22.7 Å². The second-order valence-corrected chi connectivity index (χ2v) is 6.32. The number of halogens is 1. The number of anilines is 1. The van der Waals surface area contributed by atoms with Crippen LogP contribution in [0.5, 0.6) is 0 Å². The summed E-state index contributed by atoms with van der Waals surface area (Å²) in [5, 5.41) is 3.90. The number of carbonyl (C=O) groups excluding carboxylic acids is 1. The standard InChI is InChI=1S/C15H20ClN3O/c1-9-6-11(8-19(9)12-3-4-12)18-10-2-5-14(16)13(7-10)15(17)20/h2,5,7,9,11-12,18H,3-4,6,8H2,1H3,(H2,17,20). The van der Waals surface area contributed by atoms with Gasteiger partial charge in [0.2, 0.25) is 5.91 Å². The van der Waals surface area contributed by atoms with Gasteiger partial charge in [0.1, 0.15) is 0 Å². The lowest BCUT2D eigenvalue weighted by Crippen LogP contribution is -2.31. The third-order valence-electron chi connectivity index (χ3n) is 4.24. The van der Waals surface area contributed by atoms with Gasteiger partial charge in [0.05, 0.1) is 10.6 Å². The van der Waals surface area contributed by atoms with Gasteiger partial charge in [-0.25, -0.2) is 0 Å². The lowest BCUT2D eigenvalue weighted by Gasteiger charge is -2.20. The van der Waals surface area contributed by atoms with Crippen molar-refractivity contribution in [2.45, 2.75) is 44.3 Å². The third kappa shape index (κ3) is 2.76. The summed E-state index contributed by atoms with van der Waals surface area (Å²) in [7, 11) is 0. The van der Waals surface area contributed by atoms with Gasteiger partial charge in [-0.2, -0.15) is 0 Å². The number of amides is 1. The highest BCUT2D eigenvalue weighted by Gasteiger charge is 2.38. The minimum absolute atomic E-state index is 0.377. The zero-order valence-corrected chi connectivity index (χ0v) is 12.4. The highest BCUT2D eigenvalue weighted by Crippen LogP contribution is 2.34. The molecular weight excluding hydrogens is 274 g/mol. The molecular formula is C15H20ClN3O. The summed E-state index contributed by atoms with van der Waals surface area (Å²) >= 11 is 5.97. The molecule has 1 aromatic carbocycles. The van der Waals surface area contributed by atoms with Crippen molar-refractivity contribution in [2.24, 2.45) is 5.73 Å². The van der Waals surface area contributed by atoms with Crippen molar-refractivity contribution < 1.29 is 4.79 Å². The van der Waals surface area contributed by atoms with Crippen LogP contribution in [0.4, 0.5) is 5.69 Å². The molecule has 1 aliphatic heterocycles. The molecule has 108 valence electrons. The molecule has 3 N–H and O–H groups in total. The van der Waals surface area contributed by atoms with Gasteiger partial charge in [0.15, 0.2) is 0 Å². The van der Waals surface area contributed by atoms with Crippen LogP contribution in [0.15, 0.2) is 18.2 Å². The first-order valence-electron chi connectivity index (χ1n) is 7.16. The van der Waals surface area contributed by atoms with E-state index in [9.17, 15) is 4.79 Å². The zero-order chi connectivity index (χ0) is 14.3. The molecule has 20 heavy (non-hydrogen) atoms. The smallest absolute Gasteiger partial charge is 0.250 e. The second kappa shape index (κ2) is 5.26. The molecule has 2 aliphatic rings. The number of benzene rings is 1. The zero-order valence-electron chi connectivity index (χ0n) is 11.6. The van der Waals surface area contributed by atoms with Gasteiger partial charge < -0.3 is 11.1 Å². The summed E-state index contributed by atoms with van der Waals surface area (Å²) in [6, 6.07) is 7.22. The van der Waals surface area contributed by atoms with Crippen LogP contribution >= 0.6 is 11.6 Å². The van der Waals surface area contributed by atoms with Gasteiger partial charge in [-0.15, -0.1) is 0 Å². The van der Waals surface area contributed by atoms with Gasteiger partial charge in [-0.05, 0) is 44.4 Å². The van der Waals surface area contributed by atoms with Crippen LogP contribution in [-0.2, 0) is 0 Å². The van der Waals surface area contributed by atoms with Crippen LogP contribution in [0.2, 0.25) is 5.02 Å². The van der Waals surface area contributed by atoms with E-state index in [1.165, 1.54) is 12.8 Å². The normalized spacial score (nSPS) is 26.7. The van der Waals surface area contributed by atoms with E-state index in [-0.39, 0.29) is 0 Å². The van der Waals surface area contributed by atoms with Crippen molar-refractivity contribution in [3.05, 3.63) is 28.8 Å². The van der Waals surface area contributed by atoms with E-state index >= 15 is 0 Å². The van der Waals surface area contributed by atoms with Crippen molar-refractivity contribution in [2.75, 3.05) is 11.9 Å². The number of hydrogen-bond donors (Lipinski definition) is 2. The van der Waals surface area contributed by atoms with Gasteiger partial charge in [-0.3, -0.25) is 9.69 Å². The molecule has 1 aliphatic carbocycles. The molecule has 2 fully saturated rings. The molecule has 0 spiro atoms. The van der Waals surface area contributed by atoms with Crippen molar-refractivity contribution >= 4 is 23.2 Å². The van der Waals surface area contributed by atoms with Crippen LogP contribution < -0.4 is 11.1 Å². The van der Waals surface area contributed by atoms with Crippen LogP contribution in [0.25, 0.3) is 0 Å². The van der Waals surface area contributed by atoms with Crippen LogP contribution in [-0.4, -0.2) is 35.5 Å². The first-order chi connectivity index (χ1) is 9.54. The molecule has 0 aromatic heterocycles. The monoisotopic (exact) mass is 293 g/mol. The Morgan fingerprint density at radius 1 is 1.45 bits per heavy atom. The van der Waals surface area contributed by atoms with E-state index in [2.05, 4.69) is 17.1 Å². The second-order valence-electron chi connectivity index (χ2n) is 5.91. The van der Waals surface area contributed by atoms with Crippen molar-refractivity contribution in [3.8, 4) is 0 Å². The van der Waals surface area contributed by atoms with Gasteiger partial charge in [0.25, 0.3) is 0 Å². The van der Waals surface area contributed by atoms with E-state index in [4.69, 9.17) is 17.3 Å². The average Bonchev–Trinajstić information content (AvgIpc) is 3.16. The lowest BCUT2D eigenvalue weighted by molar-refractivity contribution is 0.100. The number of likely N-dealkylation sites (tertiary alicyclic amines) is 1. The minimum atomic E-state index is -0.488. The number of nitrogens with one attached hydrogen (secondary N) is 1.